The lowest BCUT2D eigenvalue weighted by Crippen LogP contribution is -2.02. The Balaban J connectivity index is 2.29. The maximum Gasteiger partial charge on any atom is 0.387 e. The Labute approximate surface area is 134 Å². The monoisotopic (exact) mass is 376 g/mol. The summed E-state index contributed by atoms with van der Waals surface area (Å²) in [4.78, 5) is -0.239. The van der Waals surface area contributed by atoms with Crippen LogP contribution in [0.3, 0.4) is 0 Å². The van der Waals surface area contributed by atoms with Crippen LogP contribution < -0.4 is 9.47 Å². The Bertz CT molecular complexity index is 622. The highest BCUT2D eigenvalue weighted by atomic mass is 79.9. The molecule has 6 heteroatoms. The molecule has 0 aliphatic heterocycles. The van der Waals surface area contributed by atoms with Crippen LogP contribution in [-0.4, -0.2) is 13.7 Å². The van der Waals surface area contributed by atoms with Gasteiger partial charge in [-0.05, 0) is 35.4 Å². The van der Waals surface area contributed by atoms with Crippen molar-refractivity contribution in [1.82, 2.24) is 0 Å². The van der Waals surface area contributed by atoms with E-state index < -0.39 is 6.61 Å². The molecule has 2 aromatic rings. The molecule has 0 aliphatic rings. The molecule has 0 saturated heterocycles. The van der Waals surface area contributed by atoms with Crippen LogP contribution in [-0.2, 0) is 0 Å². The van der Waals surface area contributed by atoms with Gasteiger partial charge in [0.1, 0.15) is 11.5 Å². The molecule has 0 N–H and O–H groups in total. The lowest BCUT2D eigenvalue weighted by molar-refractivity contribution is -0.0498. The SMILES string of the molecule is COc1ccc(C(Br)c2cccc(OC(F)F)c2)c(Cl)c1. The highest BCUT2D eigenvalue weighted by molar-refractivity contribution is 9.09. The second-order valence-corrected chi connectivity index (χ2v) is 5.52. The number of ether oxygens (including phenoxy) is 2. The minimum absolute atomic E-state index is 0.108. The Morgan fingerprint density at radius 2 is 1.86 bits per heavy atom. The molecule has 0 aromatic heterocycles. The molecule has 0 bridgehead atoms. The van der Waals surface area contributed by atoms with Crippen LogP contribution in [0.1, 0.15) is 16.0 Å². The first-order valence-electron chi connectivity index (χ1n) is 6.03. The summed E-state index contributed by atoms with van der Waals surface area (Å²) >= 11 is 9.74. The second-order valence-electron chi connectivity index (χ2n) is 4.20. The molecular formula is C15H12BrClF2O2. The summed E-state index contributed by atoms with van der Waals surface area (Å²) in [5.74, 6) is 0.759. The molecule has 0 amide bonds. The minimum Gasteiger partial charge on any atom is -0.497 e. The van der Waals surface area contributed by atoms with E-state index in [0.717, 1.165) is 11.1 Å². The van der Waals surface area contributed by atoms with E-state index in [-0.39, 0.29) is 10.6 Å². The number of methoxy groups -OCH3 is 1. The Morgan fingerprint density at radius 3 is 2.48 bits per heavy atom. The van der Waals surface area contributed by atoms with Gasteiger partial charge < -0.3 is 9.47 Å². The van der Waals surface area contributed by atoms with Crippen LogP contribution in [0.2, 0.25) is 5.02 Å². The molecule has 0 radical (unpaired) electrons. The van der Waals surface area contributed by atoms with Crippen LogP contribution in [0.25, 0.3) is 0 Å². The van der Waals surface area contributed by atoms with E-state index in [1.54, 1.807) is 37.4 Å². The summed E-state index contributed by atoms with van der Waals surface area (Å²) in [6, 6.07) is 11.8. The molecule has 2 rings (SSSR count). The van der Waals surface area contributed by atoms with Crippen molar-refractivity contribution in [3.8, 4) is 11.5 Å². The maximum atomic E-state index is 12.3. The van der Waals surface area contributed by atoms with E-state index >= 15 is 0 Å². The third-order valence-corrected chi connectivity index (χ3v) is 4.21. The zero-order chi connectivity index (χ0) is 15.4. The average molecular weight is 378 g/mol. The molecule has 2 nitrogen and oxygen atoms in total. The van der Waals surface area contributed by atoms with Gasteiger partial charge in [-0.3, -0.25) is 0 Å². The Kier molecular flexibility index (Phi) is 5.42. The van der Waals surface area contributed by atoms with Gasteiger partial charge in [-0.25, -0.2) is 0 Å². The molecule has 2 aromatic carbocycles. The van der Waals surface area contributed by atoms with E-state index in [1.165, 1.54) is 6.07 Å². The summed E-state index contributed by atoms with van der Waals surface area (Å²) in [5, 5.41) is 0.524. The molecule has 0 fully saturated rings. The van der Waals surface area contributed by atoms with Crippen LogP contribution in [0, 0.1) is 0 Å². The summed E-state index contributed by atoms with van der Waals surface area (Å²) in [6.45, 7) is -2.85. The van der Waals surface area contributed by atoms with Crippen LogP contribution in [0.15, 0.2) is 42.5 Å². The normalized spacial score (nSPS) is 12.3. The van der Waals surface area contributed by atoms with Crippen molar-refractivity contribution < 1.29 is 18.3 Å². The largest absolute Gasteiger partial charge is 0.497 e. The molecular weight excluding hydrogens is 366 g/mol. The molecule has 21 heavy (non-hydrogen) atoms. The van der Waals surface area contributed by atoms with Crippen LogP contribution in [0.4, 0.5) is 8.78 Å². The van der Waals surface area contributed by atoms with Crippen molar-refractivity contribution in [3.05, 3.63) is 58.6 Å². The molecule has 0 spiro atoms. The third-order valence-electron chi connectivity index (χ3n) is 2.86. The first-order valence-corrected chi connectivity index (χ1v) is 7.33. The molecule has 1 unspecified atom stereocenters. The van der Waals surface area contributed by atoms with E-state index in [9.17, 15) is 8.78 Å². The fraction of sp³-hybridized carbons (Fsp3) is 0.200. The molecule has 0 aliphatic carbocycles. The second kappa shape index (κ2) is 7.09. The lowest BCUT2D eigenvalue weighted by atomic mass is 10.0. The Hall–Kier alpha value is -1.33. The van der Waals surface area contributed by atoms with Crippen molar-refractivity contribution in [3.63, 3.8) is 0 Å². The van der Waals surface area contributed by atoms with Gasteiger partial charge in [0.05, 0.1) is 11.9 Å². The summed E-state index contributed by atoms with van der Waals surface area (Å²) in [6.07, 6.45) is 0. The van der Waals surface area contributed by atoms with E-state index in [1.807, 2.05) is 6.07 Å². The molecule has 0 heterocycles. The van der Waals surface area contributed by atoms with Crippen LogP contribution in [0.5, 0.6) is 11.5 Å². The van der Waals surface area contributed by atoms with Gasteiger partial charge in [0.2, 0.25) is 0 Å². The van der Waals surface area contributed by atoms with Crippen molar-refractivity contribution in [1.29, 1.82) is 0 Å². The number of halogens is 4. The number of alkyl halides is 3. The van der Waals surface area contributed by atoms with E-state index in [4.69, 9.17) is 16.3 Å². The van der Waals surface area contributed by atoms with Gasteiger partial charge in [0.15, 0.2) is 0 Å². The van der Waals surface area contributed by atoms with Gasteiger partial charge in [-0.2, -0.15) is 8.78 Å². The van der Waals surface area contributed by atoms with Gasteiger partial charge in [-0.1, -0.05) is 45.7 Å². The third kappa shape index (κ3) is 4.08. The number of rotatable bonds is 5. The standard InChI is InChI=1S/C15H12BrClF2O2/c1-20-10-5-6-12(13(17)8-10)14(16)9-3-2-4-11(7-9)21-15(18)19/h2-8,14-15H,1H3. The smallest absolute Gasteiger partial charge is 0.387 e. The van der Waals surface area contributed by atoms with Gasteiger partial charge in [0, 0.05) is 5.02 Å². The van der Waals surface area contributed by atoms with Gasteiger partial charge in [-0.15, -0.1) is 0 Å². The predicted molar refractivity (Wildman–Crippen MR) is 81.8 cm³/mol. The minimum atomic E-state index is -2.85. The fourth-order valence-electron chi connectivity index (χ4n) is 1.87. The topological polar surface area (TPSA) is 18.5 Å². The highest BCUT2D eigenvalue weighted by Crippen LogP contribution is 2.37. The average Bonchev–Trinajstić information content (AvgIpc) is 2.46. The van der Waals surface area contributed by atoms with Crippen LogP contribution >= 0.6 is 27.5 Å². The van der Waals surface area contributed by atoms with Crippen molar-refractivity contribution >= 4 is 27.5 Å². The number of benzene rings is 2. The summed E-state index contributed by atoms with van der Waals surface area (Å²) < 4.78 is 34.0. The first kappa shape index (κ1) is 16.0. The van der Waals surface area contributed by atoms with Crippen molar-refractivity contribution in [2.45, 2.75) is 11.4 Å². The predicted octanol–water partition coefficient (Wildman–Crippen LogP) is 5.43. The van der Waals surface area contributed by atoms with Gasteiger partial charge in [0.25, 0.3) is 0 Å². The molecule has 0 saturated carbocycles. The summed E-state index contributed by atoms with van der Waals surface area (Å²) in [5.41, 5.74) is 1.58. The molecule has 1 atom stereocenters. The van der Waals surface area contributed by atoms with Crippen molar-refractivity contribution in [2.75, 3.05) is 7.11 Å². The molecule has 112 valence electrons. The zero-order valence-corrected chi connectivity index (χ0v) is 13.4. The first-order chi connectivity index (χ1) is 10.0. The zero-order valence-electron chi connectivity index (χ0n) is 11.0. The van der Waals surface area contributed by atoms with E-state index in [0.29, 0.717) is 10.8 Å². The quantitative estimate of drug-likeness (QED) is 0.647. The number of hydrogen-bond donors (Lipinski definition) is 0. The number of hydrogen-bond acceptors (Lipinski definition) is 2. The fourth-order valence-corrected chi connectivity index (χ4v) is 2.96. The highest BCUT2D eigenvalue weighted by Gasteiger charge is 2.16. The van der Waals surface area contributed by atoms with E-state index in [2.05, 4.69) is 20.7 Å². The summed E-state index contributed by atoms with van der Waals surface area (Å²) in [7, 11) is 1.56. The lowest BCUT2D eigenvalue weighted by Gasteiger charge is -2.14. The maximum absolute atomic E-state index is 12.3. The van der Waals surface area contributed by atoms with Gasteiger partial charge >= 0.3 is 6.61 Å². The Morgan fingerprint density at radius 1 is 1.10 bits per heavy atom. The van der Waals surface area contributed by atoms with Crippen molar-refractivity contribution in [2.24, 2.45) is 0 Å².